The zero-order chi connectivity index (χ0) is 21.9. The summed E-state index contributed by atoms with van der Waals surface area (Å²) in [6.45, 7) is 6.43. The molecule has 2 unspecified atom stereocenters. The molecule has 0 radical (unpaired) electrons. The Morgan fingerprint density at radius 1 is 1.29 bits per heavy atom. The van der Waals surface area contributed by atoms with Gasteiger partial charge in [0.15, 0.2) is 5.65 Å². The largest absolute Gasteiger partial charge is 0.376 e. The van der Waals surface area contributed by atoms with Crippen molar-refractivity contribution in [3.63, 3.8) is 0 Å². The van der Waals surface area contributed by atoms with Crippen LogP contribution in [0.3, 0.4) is 0 Å². The highest BCUT2D eigenvalue weighted by Crippen LogP contribution is 2.43. The number of aromatic amines is 1. The normalized spacial score (nSPS) is 23.2. The molecule has 0 aliphatic carbocycles. The molecule has 2 aliphatic rings. The van der Waals surface area contributed by atoms with E-state index in [0.29, 0.717) is 22.3 Å². The molecule has 2 aromatic heterocycles. The van der Waals surface area contributed by atoms with Gasteiger partial charge in [-0.15, -0.1) is 0 Å². The van der Waals surface area contributed by atoms with Gasteiger partial charge in [-0.25, -0.2) is 14.4 Å². The number of nitrogens with two attached hydrogens (primary N) is 1. The second-order valence-electron chi connectivity index (χ2n) is 8.74. The van der Waals surface area contributed by atoms with Gasteiger partial charge < -0.3 is 15.4 Å². The number of H-pyrrole nitrogens is 1. The third kappa shape index (κ3) is 3.26. The standard InChI is InChI=1S/C22H25Cl2N5O2/c1-12-10-16(28-8-6-22(7-9-28)11-31-13(2)19(22)25)29-20(26-21(30)27-29)17(12)14-4-3-5-15(23)18(14)24/h3-5,10,13,19H,6-9,11,25H2,1-2H3,(H,27,30). The average Bonchev–Trinajstić information content (AvgIpc) is 3.26. The van der Waals surface area contributed by atoms with E-state index in [9.17, 15) is 4.79 Å². The predicted octanol–water partition coefficient (Wildman–Crippen LogP) is 3.64. The summed E-state index contributed by atoms with van der Waals surface area (Å²) < 4.78 is 7.61. The quantitative estimate of drug-likeness (QED) is 0.607. The number of benzene rings is 1. The summed E-state index contributed by atoms with van der Waals surface area (Å²) in [5.74, 6) is 0.902. The number of nitrogens with one attached hydrogen (secondary N) is 1. The molecule has 1 aromatic carbocycles. The molecule has 0 saturated carbocycles. The second-order valence-corrected chi connectivity index (χ2v) is 9.53. The van der Waals surface area contributed by atoms with E-state index in [4.69, 9.17) is 33.7 Å². The van der Waals surface area contributed by atoms with E-state index >= 15 is 0 Å². The number of hydrogen-bond donors (Lipinski definition) is 2. The highest BCUT2D eigenvalue weighted by Gasteiger charge is 2.47. The Balaban J connectivity index is 1.56. The van der Waals surface area contributed by atoms with Crippen LogP contribution in [0.4, 0.5) is 5.82 Å². The van der Waals surface area contributed by atoms with Crippen LogP contribution in [-0.4, -0.2) is 46.4 Å². The summed E-state index contributed by atoms with van der Waals surface area (Å²) in [6.07, 6.45) is 1.98. The first-order valence-electron chi connectivity index (χ1n) is 10.5. The van der Waals surface area contributed by atoms with Crippen molar-refractivity contribution >= 4 is 34.7 Å². The first-order valence-corrected chi connectivity index (χ1v) is 11.3. The molecule has 2 fully saturated rings. The average molecular weight is 462 g/mol. The number of pyridine rings is 1. The second kappa shape index (κ2) is 7.52. The number of rotatable bonds is 2. The van der Waals surface area contributed by atoms with E-state index in [0.717, 1.165) is 48.4 Å². The number of piperidine rings is 1. The molecule has 9 heteroatoms. The van der Waals surface area contributed by atoms with Gasteiger partial charge >= 0.3 is 5.69 Å². The zero-order valence-electron chi connectivity index (χ0n) is 17.5. The van der Waals surface area contributed by atoms with Crippen LogP contribution in [0, 0.1) is 12.3 Å². The fourth-order valence-electron chi connectivity index (χ4n) is 5.08. The minimum absolute atomic E-state index is 0.0284. The van der Waals surface area contributed by atoms with Gasteiger partial charge in [-0.3, -0.25) is 0 Å². The predicted molar refractivity (Wildman–Crippen MR) is 123 cm³/mol. The Bertz CT molecular complexity index is 1210. The van der Waals surface area contributed by atoms with Crippen molar-refractivity contribution in [2.45, 2.75) is 38.8 Å². The summed E-state index contributed by atoms with van der Waals surface area (Å²) >= 11 is 12.7. The van der Waals surface area contributed by atoms with Gasteiger partial charge in [-0.05, 0) is 44.4 Å². The van der Waals surface area contributed by atoms with Crippen LogP contribution in [-0.2, 0) is 4.74 Å². The van der Waals surface area contributed by atoms with Crippen LogP contribution < -0.4 is 16.3 Å². The maximum absolute atomic E-state index is 12.3. The summed E-state index contributed by atoms with van der Waals surface area (Å²) in [7, 11) is 0. The number of ether oxygens (including phenoxy) is 1. The van der Waals surface area contributed by atoms with Crippen LogP contribution in [0.25, 0.3) is 16.8 Å². The highest BCUT2D eigenvalue weighted by atomic mass is 35.5. The first-order chi connectivity index (χ1) is 14.8. The van der Waals surface area contributed by atoms with Gasteiger partial charge in [0.2, 0.25) is 0 Å². The molecule has 3 aromatic rings. The number of anilines is 1. The van der Waals surface area contributed by atoms with Crippen LogP contribution in [0.15, 0.2) is 29.1 Å². The van der Waals surface area contributed by atoms with Gasteiger partial charge in [0, 0.05) is 35.7 Å². The number of nitrogens with zero attached hydrogens (tertiary/aromatic N) is 3. The first kappa shape index (κ1) is 20.8. The maximum Gasteiger partial charge on any atom is 0.362 e. The lowest BCUT2D eigenvalue weighted by molar-refractivity contribution is 0.0974. The minimum Gasteiger partial charge on any atom is -0.376 e. The van der Waals surface area contributed by atoms with Gasteiger partial charge in [0.25, 0.3) is 0 Å². The Labute approximate surface area is 190 Å². The molecule has 0 bridgehead atoms. The van der Waals surface area contributed by atoms with Crippen LogP contribution in [0.1, 0.15) is 25.3 Å². The van der Waals surface area contributed by atoms with E-state index in [-0.39, 0.29) is 17.6 Å². The van der Waals surface area contributed by atoms with Crippen LogP contribution >= 0.6 is 23.2 Å². The number of aryl methyl sites for hydroxylation is 1. The molecular formula is C22H25Cl2N5O2. The molecule has 4 heterocycles. The maximum atomic E-state index is 12.3. The van der Waals surface area contributed by atoms with E-state index in [1.807, 2.05) is 19.1 Å². The monoisotopic (exact) mass is 461 g/mol. The number of fused-ring (bicyclic) bond motifs is 1. The summed E-state index contributed by atoms with van der Waals surface area (Å²) in [5.41, 5.74) is 9.16. The molecule has 2 saturated heterocycles. The smallest absolute Gasteiger partial charge is 0.362 e. The molecule has 31 heavy (non-hydrogen) atoms. The number of aromatic nitrogens is 3. The minimum atomic E-state index is -0.403. The van der Waals surface area contributed by atoms with Gasteiger partial charge in [0.05, 0.1) is 22.8 Å². The Hall–Kier alpha value is -2.06. The topological polar surface area (TPSA) is 88.7 Å². The Morgan fingerprint density at radius 3 is 2.71 bits per heavy atom. The van der Waals surface area contributed by atoms with Crippen molar-refractivity contribution in [1.29, 1.82) is 0 Å². The lowest BCUT2D eigenvalue weighted by atomic mass is 9.73. The molecule has 164 valence electrons. The molecule has 3 N–H and O–H groups in total. The lowest BCUT2D eigenvalue weighted by Gasteiger charge is -2.42. The summed E-state index contributed by atoms with van der Waals surface area (Å²) in [5, 5.41) is 3.76. The molecule has 0 amide bonds. The number of hydrogen-bond acceptors (Lipinski definition) is 5. The Kier molecular flexibility index (Phi) is 5.05. The van der Waals surface area contributed by atoms with Crippen molar-refractivity contribution in [2.75, 3.05) is 24.6 Å². The van der Waals surface area contributed by atoms with E-state index < -0.39 is 5.69 Å². The van der Waals surface area contributed by atoms with Crippen LogP contribution in [0.2, 0.25) is 10.0 Å². The molecule has 7 nitrogen and oxygen atoms in total. The third-order valence-corrected chi connectivity index (χ3v) is 7.79. The molecule has 1 spiro atoms. The third-order valence-electron chi connectivity index (χ3n) is 6.97. The van der Waals surface area contributed by atoms with Gasteiger partial charge in [0.1, 0.15) is 5.82 Å². The molecule has 5 rings (SSSR count). The fraction of sp³-hybridized carbons (Fsp3) is 0.455. The van der Waals surface area contributed by atoms with Gasteiger partial charge in [-0.2, -0.15) is 4.98 Å². The van der Waals surface area contributed by atoms with E-state index in [2.05, 4.69) is 28.0 Å². The van der Waals surface area contributed by atoms with Crippen LogP contribution in [0.5, 0.6) is 0 Å². The highest BCUT2D eigenvalue weighted by molar-refractivity contribution is 6.43. The summed E-state index contributed by atoms with van der Waals surface area (Å²) in [4.78, 5) is 18.8. The molecule has 2 aliphatic heterocycles. The zero-order valence-corrected chi connectivity index (χ0v) is 19.0. The number of halogens is 2. The van der Waals surface area contributed by atoms with Crippen molar-refractivity contribution < 1.29 is 4.74 Å². The van der Waals surface area contributed by atoms with Crippen molar-refractivity contribution in [2.24, 2.45) is 11.1 Å². The fourth-order valence-corrected chi connectivity index (χ4v) is 5.47. The van der Waals surface area contributed by atoms with E-state index in [1.54, 1.807) is 10.6 Å². The van der Waals surface area contributed by atoms with Crippen molar-refractivity contribution in [3.8, 4) is 11.1 Å². The van der Waals surface area contributed by atoms with Gasteiger partial charge in [-0.1, -0.05) is 35.3 Å². The summed E-state index contributed by atoms with van der Waals surface area (Å²) in [6, 6.07) is 7.60. The van der Waals surface area contributed by atoms with Crippen molar-refractivity contribution in [3.05, 3.63) is 50.4 Å². The lowest BCUT2D eigenvalue weighted by Crippen LogP contribution is -2.51. The SMILES string of the molecule is Cc1cc(N2CCC3(CC2)COC(C)C3N)n2[nH]c(=O)nc2c1-c1cccc(Cl)c1Cl. The van der Waals surface area contributed by atoms with Crippen molar-refractivity contribution in [1.82, 2.24) is 14.6 Å². The molecular weight excluding hydrogens is 437 g/mol. The Morgan fingerprint density at radius 2 is 2.03 bits per heavy atom. The van der Waals surface area contributed by atoms with E-state index in [1.165, 1.54) is 0 Å². The molecule has 2 atom stereocenters.